The molecule has 3 rings (SSSR count). The maximum absolute atomic E-state index is 12.1. The second kappa shape index (κ2) is 8.30. The van der Waals surface area contributed by atoms with E-state index < -0.39 is 11.7 Å². The van der Waals surface area contributed by atoms with Crippen LogP contribution in [0.1, 0.15) is 46.0 Å². The van der Waals surface area contributed by atoms with Gasteiger partial charge < -0.3 is 15.0 Å². The van der Waals surface area contributed by atoms with E-state index in [1.54, 1.807) is 6.20 Å². The van der Waals surface area contributed by atoms with Crippen molar-refractivity contribution in [2.45, 2.75) is 45.8 Å². The van der Waals surface area contributed by atoms with Crippen molar-refractivity contribution < 1.29 is 9.53 Å². The summed E-state index contributed by atoms with van der Waals surface area (Å²) in [5, 5.41) is 2.88. The van der Waals surface area contributed by atoms with Crippen LogP contribution in [0, 0.1) is 0 Å². The number of H-pyrrole nitrogens is 1. The molecule has 1 aromatic heterocycles. The fraction of sp³-hybridized carbons (Fsp3) is 0.304. The highest BCUT2D eigenvalue weighted by atomic mass is 16.6. The average Bonchev–Trinajstić information content (AvgIpc) is 3.15. The SMILES string of the molecule is CC[C@H](NC(=O)OC(C)(C)C)c1ncc(-c2ccc(-c3ccccc3)cc2)[nH]1. The highest BCUT2D eigenvalue weighted by Crippen LogP contribution is 2.25. The molecule has 0 saturated carbocycles. The predicted octanol–water partition coefficient (Wildman–Crippen LogP) is 5.72. The minimum atomic E-state index is -0.531. The molecule has 0 spiro atoms. The van der Waals surface area contributed by atoms with E-state index in [2.05, 4.69) is 51.7 Å². The molecule has 28 heavy (non-hydrogen) atoms. The zero-order chi connectivity index (χ0) is 20.1. The summed E-state index contributed by atoms with van der Waals surface area (Å²) in [6.07, 6.45) is 2.07. The van der Waals surface area contributed by atoms with Crippen LogP contribution >= 0.6 is 0 Å². The van der Waals surface area contributed by atoms with Crippen LogP contribution in [-0.2, 0) is 4.74 Å². The molecule has 0 bridgehead atoms. The standard InChI is InChI=1S/C23H27N3O2/c1-5-19(26-22(27)28-23(2,3)4)21-24-15-20(25-21)18-13-11-17(12-14-18)16-9-7-6-8-10-16/h6-15,19H,5H2,1-4H3,(H,24,25)(H,26,27)/t19-/m0/s1. The Morgan fingerprint density at radius 2 is 1.64 bits per heavy atom. The number of benzene rings is 2. The molecule has 5 heteroatoms. The number of ether oxygens (including phenoxy) is 1. The molecule has 0 aliphatic heterocycles. The third-order valence-corrected chi connectivity index (χ3v) is 4.33. The molecule has 3 aromatic rings. The van der Waals surface area contributed by atoms with E-state index in [0.717, 1.165) is 17.1 Å². The van der Waals surface area contributed by atoms with Crippen molar-refractivity contribution in [3.05, 3.63) is 66.6 Å². The van der Waals surface area contributed by atoms with E-state index >= 15 is 0 Å². The lowest BCUT2D eigenvalue weighted by atomic mass is 10.0. The number of nitrogens with zero attached hydrogens (tertiary/aromatic N) is 1. The first-order valence-electron chi connectivity index (χ1n) is 9.56. The highest BCUT2D eigenvalue weighted by Gasteiger charge is 2.21. The zero-order valence-corrected chi connectivity index (χ0v) is 16.8. The Morgan fingerprint density at radius 1 is 1.04 bits per heavy atom. The summed E-state index contributed by atoms with van der Waals surface area (Å²) in [6.45, 7) is 7.53. The van der Waals surface area contributed by atoms with Gasteiger partial charge in [0.2, 0.25) is 0 Å². The Bertz CT molecular complexity index is 909. The summed E-state index contributed by atoms with van der Waals surface area (Å²) >= 11 is 0. The van der Waals surface area contributed by atoms with Gasteiger partial charge in [0.1, 0.15) is 11.4 Å². The summed E-state index contributed by atoms with van der Waals surface area (Å²) in [4.78, 5) is 19.9. The van der Waals surface area contributed by atoms with Crippen LogP contribution in [0.2, 0.25) is 0 Å². The molecule has 1 heterocycles. The van der Waals surface area contributed by atoms with Crippen LogP contribution in [0.25, 0.3) is 22.4 Å². The molecule has 0 unspecified atom stereocenters. The molecule has 0 fully saturated rings. The average molecular weight is 377 g/mol. The molecule has 0 aliphatic rings. The number of alkyl carbamates (subject to hydrolysis) is 1. The number of rotatable bonds is 5. The first kappa shape index (κ1) is 19.7. The van der Waals surface area contributed by atoms with Gasteiger partial charge in [0.25, 0.3) is 0 Å². The molecule has 0 aliphatic carbocycles. The van der Waals surface area contributed by atoms with Gasteiger partial charge in [-0.1, -0.05) is 61.5 Å². The Kier molecular flexibility index (Phi) is 5.83. The predicted molar refractivity (Wildman–Crippen MR) is 112 cm³/mol. The van der Waals surface area contributed by atoms with Gasteiger partial charge in [-0.2, -0.15) is 0 Å². The van der Waals surface area contributed by atoms with E-state index in [-0.39, 0.29) is 6.04 Å². The lowest BCUT2D eigenvalue weighted by Gasteiger charge is -2.22. The molecule has 1 atom stereocenters. The monoisotopic (exact) mass is 377 g/mol. The first-order chi connectivity index (χ1) is 13.4. The number of hydrogen-bond acceptors (Lipinski definition) is 3. The van der Waals surface area contributed by atoms with Gasteiger partial charge in [-0.3, -0.25) is 0 Å². The third-order valence-electron chi connectivity index (χ3n) is 4.33. The third kappa shape index (κ3) is 5.00. The number of carbonyl (C=O) groups is 1. The second-order valence-electron chi connectivity index (χ2n) is 7.73. The maximum Gasteiger partial charge on any atom is 0.408 e. The van der Waals surface area contributed by atoms with Gasteiger partial charge in [0.15, 0.2) is 0 Å². The van der Waals surface area contributed by atoms with Gasteiger partial charge in [0, 0.05) is 0 Å². The van der Waals surface area contributed by atoms with E-state index in [4.69, 9.17) is 4.74 Å². The van der Waals surface area contributed by atoms with Crippen molar-refractivity contribution in [3.63, 3.8) is 0 Å². The summed E-state index contributed by atoms with van der Waals surface area (Å²) in [5.41, 5.74) is 3.79. The van der Waals surface area contributed by atoms with Crippen molar-refractivity contribution in [3.8, 4) is 22.4 Å². The number of nitrogens with one attached hydrogen (secondary N) is 2. The Balaban J connectivity index is 1.73. The quantitative estimate of drug-likeness (QED) is 0.597. The van der Waals surface area contributed by atoms with Gasteiger partial charge in [0.05, 0.1) is 17.9 Å². The fourth-order valence-corrected chi connectivity index (χ4v) is 2.95. The molecule has 1 amide bonds. The minimum absolute atomic E-state index is 0.229. The summed E-state index contributed by atoms with van der Waals surface area (Å²) in [6, 6.07) is 18.4. The smallest absolute Gasteiger partial charge is 0.408 e. The Hall–Kier alpha value is -3.08. The second-order valence-corrected chi connectivity index (χ2v) is 7.73. The molecular formula is C23H27N3O2. The summed E-state index contributed by atoms with van der Waals surface area (Å²) in [5.74, 6) is 0.718. The lowest BCUT2D eigenvalue weighted by molar-refractivity contribution is 0.0500. The Morgan fingerprint density at radius 3 is 2.25 bits per heavy atom. The fourth-order valence-electron chi connectivity index (χ4n) is 2.95. The van der Waals surface area contributed by atoms with Crippen LogP contribution in [-0.4, -0.2) is 21.7 Å². The van der Waals surface area contributed by atoms with Crippen LogP contribution in [0.4, 0.5) is 4.79 Å². The lowest BCUT2D eigenvalue weighted by Crippen LogP contribution is -2.35. The number of aromatic nitrogens is 2. The van der Waals surface area contributed by atoms with Crippen molar-refractivity contribution in [2.24, 2.45) is 0 Å². The molecular weight excluding hydrogens is 350 g/mol. The topological polar surface area (TPSA) is 67.0 Å². The van der Waals surface area contributed by atoms with Crippen LogP contribution in [0.5, 0.6) is 0 Å². The molecule has 0 saturated heterocycles. The largest absolute Gasteiger partial charge is 0.444 e. The number of carbonyl (C=O) groups excluding carboxylic acids is 1. The molecule has 146 valence electrons. The van der Waals surface area contributed by atoms with Gasteiger partial charge >= 0.3 is 6.09 Å². The van der Waals surface area contributed by atoms with Crippen molar-refractivity contribution in [1.82, 2.24) is 15.3 Å². The number of imidazole rings is 1. The van der Waals surface area contributed by atoms with E-state index in [9.17, 15) is 4.79 Å². The first-order valence-corrected chi connectivity index (χ1v) is 9.56. The molecule has 0 radical (unpaired) electrons. The minimum Gasteiger partial charge on any atom is -0.444 e. The molecule has 2 N–H and O–H groups in total. The van der Waals surface area contributed by atoms with Crippen molar-refractivity contribution in [1.29, 1.82) is 0 Å². The van der Waals surface area contributed by atoms with Crippen molar-refractivity contribution >= 4 is 6.09 Å². The number of aromatic amines is 1. The molecule has 5 nitrogen and oxygen atoms in total. The highest BCUT2D eigenvalue weighted by molar-refractivity contribution is 5.69. The van der Waals surface area contributed by atoms with Gasteiger partial charge in [-0.15, -0.1) is 0 Å². The van der Waals surface area contributed by atoms with Crippen LogP contribution in [0.3, 0.4) is 0 Å². The van der Waals surface area contributed by atoms with Crippen LogP contribution < -0.4 is 5.32 Å². The number of amides is 1. The summed E-state index contributed by atoms with van der Waals surface area (Å²) in [7, 11) is 0. The van der Waals surface area contributed by atoms with Crippen molar-refractivity contribution in [2.75, 3.05) is 0 Å². The molecule has 2 aromatic carbocycles. The Labute approximate surface area is 166 Å². The summed E-state index contributed by atoms with van der Waals surface area (Å²) < 4.78 is 5.35. The maximum atomic E-state index is 12.1. The van der Waals surface area contributed by atoms with Gasteiger partial charge in [-0.25, -0.2) is 9.78 Å². The van der Waals surface area contributed by atoms with E-state index in [1.165, 1.54) is 11.1 Å². The zero-order valence-electron chi connectivity index (χ0n) is 16.8. The van der Waals surface area contributed by atoms with E-state index in [0.29, 0.717) is 6.42 Å². The number of hydrogen-bond donors (Lipinski definition) is 2. The van der Waals surface area contributed by atoms with Gasteiger partial charge in [-0.05, 0) is 43.9 Å². The van der Waals surface area contributed by atoms with Crippen LogP contribution in [0.15, 0.2) is 60.8 Å². The van der Waals surface area contributed by atoms with E-state index in [1.807, 2.05) is 45.9 Å². The normalized spacial score (nSPS) is 12.4.